The standard InChI is InChI=1S/C20H20BrN3O/c21-18-6-7-19-17(14-18)8-9-24(19)20(25)23-12-10-22(11-13-23)15-16-4-2-1-3-5-16/h1-9,14H,10-13,15H2. The first kappa shape index (κ1) is 16.4. The van der Waals surface area contributed by atoms with E-state index in [1.807, 2.05) is 41.4 Å². The molecule has 4 nitrogen and oxygen atoms in total. The molecule has 0 bridgehead atoms. The fourth-order valence-corrected chi connectivity index (χ4v) is 3.75. The lowest BCUT2D eigenvalue weighted by molar-refractivity contribution is 0.136. The van der Waals surface area contributed by atoms with Crippen molar-refractivity contribution in [2.24, 2.45) is 0 Å². The molecule has 0 radical (unpaired) electrons. The number of nitrogens with zero attached hydrogens (tertiary/aromatic N) is 3. The fourth-order valence-electron chi connectivity index (χ4n) is 3.37. The van der Waals surface area contributed by atoms with Crippen molar-refractivity contribution in [1.82, 2.24) is 14.4 Å². The molecule has 0 spiro atoms. The first-order chi connectivity index (χ1) is 12.2. The van der Waals surface area contributed by atoms with Crippen molar-refractivity contribution in [3.63, 3.8) is 0 Å². The lowest BCUT2D eigenvalue weighted by Gasteiger charge is -2.34. The third kappa shape index (κ3) is 3.48. The predicted octanol–water partition coefficient (Wildman–Crippen LogP) is 4.19. The van der Waals surface area contributed by atoms with Crippen LogP contribution in [0.25, 0.3) is 10.9 Å². The number of hydrogen-bond acceptors (Lipinski definition) is 2. The molecule has 1 saturated heterocycles. The van der Waals surface area contributed by atoms with Crippen molar-refractivity contribution in [1.29, 1.82) is 0 Å². The highest BCUT2D eigenvalue weighted by atomic mass is 79.9. The average Bonchev–Trinajstić information content (AvgIpc) is 3.05. The van der Waals surface area contributed by atoms with E-state index < -0.39 is 0 Å². The van der Waals surface area contributed by atoms with Gasteiger partial charge < -0.3 is 4.90 Å². The summed E-state index contributed by atoms with van der Waals surface area (Å²) in [7, 11) is 0. The molecule has 3 aromatic rings. The number of fused-ring (bicyclic) bond motifs is 1. The Morgan fingerprint density at radius 1 is 0.960 bits per heavy atom. The van der Waals surface area contributed by atoms with Gasteiger partial charge in [-0.1, -0.05) is 46.3 Å². The summed E-state index contributed by atoms with van der Waals surface area (Å²) in [5.74, 6) is 0. The summed E-state index contributed by atoms with van der Waals surface area (Å²) in [5, 5.41) is 1.07. The highest BCUT2D eigenvalue weighted by Crippen LogP contribution is 2.21. The van der Waals surface area contributed by atoms with Crippen molar-refractivity contribution in [2.75, 3.05) is 26.2 Å². The van der Waals surface area contributed by atoms with Crippen LogP contribution in [0.4, 0.5) is 4.79 Å². The van der Waals surface area contributed by atoms with E-state index in [1.54, 1.807) is 4.57 Å². The zero-order valence-corrected chi connectivity index (χ0v) is 15.5. The second kappa shape index (κ2) is 7.02. The van der Waals surface area contributed by atoms with Gasteiger partial charge in [-0.05, 0) is 29.8 Å². The molecule has 0 saturated carbocycles. The second-order valence-electron chi connectivity index (χ2n) is 6.42. The Balaban J connectivity index is 1.42. The molecule has 5 heteroatoms. The highest BCUT2D eigenvalue weighted by molar-refractivity contribution is 9.10. The van der Waals surface area contributed by atoms with E-state index in [0.717, 1.165) is 48.1 Å². The first-order valence-corrected chi connectivity index (χ1v) is 9.32. The molecule has 1 aliphatic rings. The number of rotatable bonds is 2. The maximum Gasteiger partial charge on any atom is 0.328 e. The maximum absolute atomic E-state index is 12.9. The Kier molecular flexibility index (Phi) is 4.59. The molecule has 4 rings (SSSR count). The largest absolute Gasteiger partial charge is 0.328 e. The van der Waals surface area contributed by atoms with Crippen LogP contribution in [0.1, 0.15) is 5.56 Å². The van der Waals surface area contributed by atoms with E-state index in [9.17, 15) is 4.79 Å². The highest BCUT2D eigenvalue weighted by Gasteiger charge is 2.23. The molecule has 2 heterocycles. The zero-order chi connectivity index (χ0) is 17.2. The molecule has 1 aliphatic heterocycles. The van der Waals surface area contributed by atoms with Gasteiger partial charge >= 0.3 is 6.03 Å². The lowest BCUT2D eigenvalue weighted by Crippen LogP contribution is -2.49. The number of carbonyl (C=O) groups excluding carboxylic acids is 1. The van der Waals surface area contributed by atoms with E-state index in [-0.39, 0.29) is 6.03 Å². The van der Waals surface area contributed by atoms with Crippen LogP contribution in [-0.4, -0.2) is 46.6 Å². The topological polar surface area (TPSA) is 28.5 Å². The number of amides is 1. The van der Waals surface area contributed by atoms with E-state index >= 15 is 0 Å². The van der Waals surface area contributed by atoms with E-state index in [0.29, 0.717) is 0 Å². The summed E-state index contributed by atoms with van der Waals surface area (Å²) in [6.07, 6.45) is 1.87. The molecular formula is C20H20BrN3O. The van der Waals surface area contributed by atoms with Crippen LogP contribution in [-0.2, 0) is 6.54 Å². The van der Waals surface area contributed by atoms with Crippen LogP contribution in [0.15, 0.2) is 65.3 Å². The molecule has 2 aromatic carbocycles. The van der Waals surface area contributed by atoms with Crippen molar-refractivity contribution >= 4 is 32.9 Å². The van der Waals surface area contributed by atoms with Crippen molar-refractivity contribution in [2.45, 2.75) is 6.54 Å². The first-order valence-electron chi connectivity index (χ1n) is 8.53. The van der Waals surface area contributed by atoms with Gasteiger partial charge in [0.05, 0.1) is 5.52 Å². The van der Waals surface area contributed by atoms with Crippen LogP contribution >= 0.6 is 15.9 Å². The molecule has 128 valence electrons. The number of benzene rings is 2. The SMILES string of the molecule is O=C(N1CCN(Cc2ccccc2)CC1)n1ccc2cc(Br)ccc21. The van der Waals surface area contributed by atoms with Gasteiger partial charge in [-0.25, -0.2) is 4.79 Å². The van der Waals surface area contributed by atoms with Crippen LogP contribution in [0, 0.1) is 0 Å². The van der Waals surface area contributed by atoms with Gasteiger partial charge in [-0.3, -0.25) is 9.47 Å². The molecule has 25 heavy (non-hydrogen) atoms. The third-order valence-corrected chi connectivity index (χ3v) is 5.24. The van der Waals surface area contributed by atoms with Crippen LogP contribution in [0.3, 0.4) is 0 Å². The fraction of sp³-hybridized carbons (Fsp3) is 0.250. The minimum Gasteiger partial charge on any atom is -0.321 e. The molecule has 0 atom stereocenters. The minimum absolute atomic E-state index is 0.0664. The Morgan fingerprint density at radius 3 is 2.48 bits per heavy atom. The zero-order valence-electron chi connectivity index (χ0n) is 13.9. The number of hydrogen-bond donors (Lipinski definition) is 0. The quantitative estimate of drug-likeness (QED) is 0.648. The Bertz CT molecular complexity index is 882. The predicted molar refractivity (Wildman–Crippen MR) is 104 cm³/mol. The molecule has 1 fully saturated rings. The van der Waals surface area contributed by atoms with Gasteiger partial charge in [-0.15, -0.1) is 0 Å². The average molecular weight is 398 g/mol. The summed E-state index contributed by atoms with van der Waals surface area (Å²) in [4.78, 5) is 17.2. The van der Waals surface area contributed by atoms with Crippen LogP contribution < -0.4 is 0 Å². The molecule has 1 aromatic heterocycles. The molecular weight excluding hydrogens is 378 g/mol. The minimum atomic E-state index is 0.0664. The Labute approximate surface area is 155 Å². The third-order valence-electron chi connectivity index (χ3n) is 4.75. The number of halogens is 1. The van der Waals surface area contributed by atoms with Crippen molar-refractivity contribution in [3.05, 3.63) is 70.8 Å². The maximum atomic E-state index is 12.9. The number of piperazine rings is 1. The summed E-state index contributed by atoms with van der Waals surface area (Å²) in [5.41, 5.74) is 2.28. The molecule has 0 unspecified atom stereocenters. The van der Waals surface area contributed by atoms with Crippen molar-refractivity contribution < 1.29 is 4.79 Å². The van der Waals surface area contributed by atoms with Gasteiger partial charge in [-0.2, -0.15) is 0 Å². The van der Waals surface area contributed by atoms with Gasteiger partial charge in [0.2, 0.25) is 0 Å². The van der Waals surface area contributed by atoms with Gasteiger partial charge in [0.25, 0.3) is 0 Å². The monoisotopic (exact) mass is 397 g/mol. The van der Waals surface area contributed by atoms with Gasteiger partial charge in [0, 0.05) is 48.8 Å². The summed E-state index contributed by atoms with van der Waals surface area (Å²) in [6, 6.07) is 18.6. The van der Waals surface area contributed by atoms with E-state index in [4.69, 9.17) is 0 Å². The molecule has 1 amide bonds. The lowest BCUT2D eigenvalue weighted by atomic mass is 10.2. The Hall–Kier alpha value is -2.11. The number of carbonyl (C=O) groups is 1. The second-order valence-corrected chi connectivity index (χ2v) is 7.34. The summed E-state index contributed by atoms with van der Waals surface area (Å²) >= 11 is 3.48. The molecule has 0 N–H and O–H groups in total. The smallest absolute Gasteiger partial charge is 0.321 e. The Morgan fingerprint density at radius 2 is 1.72 bits per heavy atom. The van der Waals surface area contributed by atoms with Crippen LogP contribution in [0.2, 0.25) is 0 Å². The summed E-state index contributed by atoms with van der Waals surface area (Å²) in [6.45, 7) is 4.30. The normalized spacial score (nSPS) is 15.6. The summed E-state index contributed by atoms with van der Waals surface area (Å²) < 4.78 is 2.79. The van der Waals surface area contributed by atoms with Crippen molar-refractivity contribution in [3.8, 4) is 0 Å². The van der Waals surface area contributed by atoms with E-state index in [2.05, 4.69) is 45.1 Å². The van der Waals surface area contributed by atoms with E-state index in [1.165, 1.54) is 5.56 Å². The number of aromatic nitrogens is 1. The molecule has 0 aliphatic carbocycles. The van der Waals surface area contributed by atoms with Crippen LogP contribution in [0.5, 0.6) is 0 Å². The van der Waals surface area contributed by atoms with Gasteiger partial charge in [0.15, 0.2) is 0 Å². The van der Waals surface area contributed by atoms with Gasteiger partial charge in [0.1, 0.15) is 0 Å².